The molecule has 2 amide bonds. The zero-order valence-corrected chi connectivity index (χ0v) is 14.4. The summed E-state index contributed by atoms with van der Waals surface area (Å²) < 4.78 is 5.05. The van der Waals surface area contributed by atoms with Crippen LogP contribution in [0.3, 0.4) is 0 Å². The number of thiophene rings is 1. The smallest absolute Gasteiger partial charge is 0.313 e. The van der Waals surface area contributed by atoms with Gasteiger partial charge in [0.1, 0.15) is 5.41 Å². The Morgan fingerprint density at radius 1 is 1.46 bits per heavy atom. The third-order valence-electron chi connectivity index (χ3n) is 4.17. The lowest BCUT2D eigenvalue weighted by atomic mass is 9.80. The van der Waals surface area contributed by atoms with Gasteiger partial charge in [-0.05, 0) is 24.3 Å². The van der Waals surface area contributed by atoms with Crippen molar-refractivity contribution in [2.75, 3.05) is 33.4 Å². The number of amides is 2. The summed E-state index contributed by atoms with van der Waals surface area (Å²) in [5.41, 5.74) is -1.04. The number of likely N-dealkylation sites (tertiary alicyclic amines) is 1. The number of nitrogens with one attached hydrogen (secondary N) is 1. The van der Waals surface area contributed by atoms with Gasteiger partial charge in [0, 0.05) is 33.2 Å². The van der Waals surface area contributed by atoms with E-state index in [1.807, 2.05) is 5.38 Å². The molecule has 0 bridgehead atoms. The van der Waals surface area contributed by atoms with Gasteiger partial charge in [-0.15, -0.1) is 11.3 Å². The van der Waals surface area contributed by atoms with Gasteiger partial charge in [-0.2, -0.15) is 0 Å². The molecule has 2 N–H and O–H groups in total. The van der Waals surface area contributed by atoms with Gasteiger partial charge in [0.25, 0.3) is 5.91 Å². The van der Waals surface area contributed by atoms with E-state index in [0.29, 0.717) is 24.3 Å². The summed E-state index contributed by atoms with van der Waals surface area (Å²) >= 11 is 1.34. The Hall–Kier alpha value is -1.93. The molecule has 1 aromatic rings. The first-order valence-electron chi connectivity index (χ1n) is 7.80. The van der Waals surface area contributed by atoms with Crippen molar-refractivity contribution in [2.24, 2.45) is 5.41 Å². The molecule has 132 valence electrons. The number of ether oxygens (including phenoxy) is 1. The van der Waals surface area contributed by atoms with Crippen molar-refractivity contribution in [1.29, 1.82) is 0 Å². The van der Waals surface area contributed by atoms with E-state index in [1.165, 1.54) is 18.4 Å². The summed E-state index contributed by atoms with van der Waals surface area (Å²) in [5.74, 6) is -1.29. The second kappa shape index (κ2) is 8.25. The first kappa shape index (κ1) is 18.4. The van der Waals surface area contributed by atoms with Crippen molar-refractivity contribution < 1.29 is 24.2 Å². The van der Waals surface area contributed by atoms with Crippen LogP contribution in [-0.2, 0) is 14.3 Å². The molecule has 2 heterocycles. The largest absolute Gasteiger partial charge is 0.481 e. The second-order valence-corrected chi connectivity index (χ2v) is 6.87. The number of carboxylic acid groups (broad SMARTS) is 1. The highest BCUT2D eigenvalue weighted by Gasteiger charge is 2.43. The Morgan fingerprint density at radius 3 is 2.88 bits per heavy atom. The summed E-state index contributed by atoms with van der Waals surface area (Å²) in [6.45, 7) is 1.00. The molecular weight excluding hydrogens is 332 g/mol. The predicted molar refractivity (Wildman–Crippen MR) is 89.0 cm³/mol. The summed E-state index contributed by atoms with van der Waals surface area (Å²) in [5, 5.41) is 14.0. The number of piperidine rings is 1. The molecular formula is C16H22N2O5S. The molecule has 7 nitrogen and oxygen atoms in total. The van der Waals surface area contributed by atoms with Gasteiger partial charge in [0.15, 0.2) is 0 Å². The first-order valence-corrected chi connectivity index (χ1v) is 8.68. The number of methoxy groups -OCH3 is 1. The minimum Gasteiger partial charge on any atom is -0.481 e. The lowest BCUT2D eigenvalue weighted by molar-refractivity contribution is -0.159. The number of nitrogens with zero attached hydrogens (tertiary/aromatic N) is 1. The van der Waals surface area contributed by atoms with Gasteiger partial charge in [-0.1, -0.05) is 6.07 Å². The van der Waals surface area contributed by atoms with E-state index in [4.69, 9.17) is 4.74 Å². The summed E-state index contributed by atoms with van der Waals surface area (Å²) in [6, 6.07) is 3.51. The third kappa shape index (κ3) is 4.33. The highest BCUT2D eigenvalue weighted by Crippen LogP contribution is 2.31. The molecule has 0 saturated carbocycles. The van der Waals surface area contributed by atoms with Crippen molar-refractivity contribution in [3.8, 4) is 0 Å². The van der Waals surface area contributed by atoms with Crippen LogP contribution in [-0.4, -0.2) is 61.1 Å². The van der Waals surface area contributed by atoms with Crippen LogP contribution in [0.15, 0.2) is 17.5 Å². The fourth-order valence-electron chi connectivity index (χ4n) is 2.91. The monoisotopic (exact) mass is 354 g/mol. The van der Waals surface area contributed by atoms with Gasteiger partial charge >= 0.3 is 5.97 Å². The van der Waals surface area contributed by atoms with Gasteiger partial charge in [0.05, 0.1) is 11.5 Å². The highest BCUT2D eigenvalue weighted by atomic mass is 32.1. The molecule has 1 fully saturated rings. The third-order valence-corrected chi connectivity index (χ3v) is 5.04. The van der Waals surface area contributed by atoms with E-state index in [2.05, 4.69) is 5.32 Å². The van der Waals surface area contributed by atoms with Crippen molar-refractivity contribution in [2.45, 2.75) is 19.3 Å². The molecule has 0 radical (unpaired) electrons. The summed E-state index contributed by atoms with van der Waals surface area (Å²) in [6.07, 6.45) is 1.28. The number of carbonyl (C=O) groups excluding carboxylic acids is 2. The normalized spacial score (nSPS) is 20.6. The molecule has 2 rings (SSSR count). The molecule has 1 atom stereocenters. The van der Waals surface area contributed by atoms with Gasteiger partial charge in [0.2, 0.25) is 5.91 Å². The summed E-state index contributed by atoms with van der Waals surface area (Å²) in [4.78, 5) is 37.9. The van der Waals surface area contributed by atoms with Crippen LogP contribution in [0, 0.1) is 5.41 Å². The van der Waals surface area contributed by atoms with Gasteiger partial charge < -0.3 is 20.1 Å². The zero-order chi connectivity index (χ0) is 17.6. The molecule has 24 heavy (non-hydrogen) atoms. The standard InChI is InChI=1S/C16H22N2O5S/c1-23-11-16(15(21)22)6-3-8-18(10-16)13(19)5-7-17-14(20)12-4-2-9-24-12/h2,4,9H,3,5-8,10-11H2,1H3,(H,17,20)(H,21,22). The fourth-order valence-corrected chi connectivity index (χ4v) is 3.55. The predicted octanol–water partition coefficient (Wildman–Crippen LogP) is 1.21. The number of hydrogen-bond donors (Lipinski definition) is 2. The zero-order valence-electron chi connectivity index (χ0n) is 13.6. The average Bonchev–Trinajstić information content (AvgIpc) is 3.09. The first-order chi connectivity index (χ1) is 11.5. The van der Waals surface area contributed by atoms with E-state index in [9.17, 15) is 19.5 Å². The maximum Gasteiger partial charge on any atom is 0.313 e. The van der Waals surface area contributed by atoms with Crippen molar-refractivity contribution in [1.82, 2.24) is 10.2 Å². The van der Waals surface area contributed by atoms with Crippen molar-refractivity contribution in [3.63, 3.8) is 0 Å². The maximum atomic E-state index is 12.3. The molecule has 8 heteroatoms. The minimum absolute atomic E-state index is 0.0846. The SMILES string of the molecule is COCC1(C(=O)O)CCCN(C(=O)CCNC(=O)c2cccs2)C1. The van der Waals surface area contributed by atoms with Crippen LogP contribution in [0.1, 0.15) is 28.9 Å². The van der Waals surface area contributed by atoms with Crippen molar-refractivity contribution >= 4 is 29.1 Å². The van der Waals surface area contributed by atoms with Crippen LogP contribution in [0.2, 0.25) is 0 Å². The van der Waals surface area contributed by atoms with Crippen LogP contribution in [0.5, 0.6) is 0 Å². The summed E-state index contributed by atoms with van der Waals surface area (Å²) in [7, 11) is 1.46. The van der Waals surface area contributed by atoms with Gasteiger partial charge in [-0.3, -0.25) is 14.4 Å². The number of carboxylic acids is 1. The molecule has 0 aromatic carbocycles. The van der Waals surface area contributed by atoms with E-state index < -0.39 is 11.4 Å². The molecule has 1 aliphatic heterocycles. The number of carbonyl (C=O) groups is 3. The molecule has 0 aliphatic carbocycles. The van der Waals surface area contributed by atoms with Crippen LogP contribution >= 0.6 is 11.3 Å². The van der Waals surface area contributed by atoms with Crippen LogP contribution < -0.4 is 5.32 Å². The van der Waals surface area contributed by atoms with Gasteiger partial charge in [-0.25, -0.2) is 0 Å². The average molecular weight is 354 g/mol. The Bertz CT molecular complexity index is 585. The van der Waals surface area contributed by atoms with E-state index >= 15 is 0 Å². The molecule has 0 spiro atoms. The van der Waals surface area contributed by atoms with E-state index in [0.717, 1.165) is 0 Å². The van der Waals surface area contributed by atoms with Crippen LogP contribution in [0.4, 0.5) is 0 Å². The molecule has 1 saturated heterocycles. The molecule has 1 unspecified atom stereocenters. The minimum atomic E-state index is -1.04. The fraction of sp³-hybridized carbons (Fsp3) is 0.562. The Balaban J connectivity index is 1.85. The highest BCUT2D eigenvalue weighted by molar-refractivity contribution is 7.12. The quantitative estimate of drug-likeness (QED) is 0.767. The Morgan fingerprint density at radius 2 is 2.25 bits per heavy atom. The maximum absolute atomic E-state index is 12.3. The van der Waals surface area contributed by atoms with E-state index in [1.54, 1.807) is 17.0 Å². The number of rotatable bonds is 7. The number of aliphatic carboxylic acids is 1. The lowest BCUT2D eigenvalue weighted by Gasteiger charge is -2.39. The van der Waals surface area contributed by atoms with Crippen molar-refractivity contribution in [3.05, 3.63) is 22.4 Å². The molecule has 1 aliphatic rings. The van der Waals surface area contributed by atoms with E-state index in [-0.39, 0.29) is 37.9 Å². The lowest BCUT2D eigenvalue weighted by Crippen LogP contribution is -2.52. The Kier molecular flexibility index (Phi) is 6.33. The Labute approximate surface area is 144 Å². The van der Waals surface area contributed by atoms with Crippen LogP contribution in [0.25, 0.3) is 0 Å². The number of hydrogen-bond acceptors (Lipinski definition) is 5. The molecule has 1 aromatic heterocycles. The topological polar surface area (TPSA) is 95.9 Å². The second-order valence-electron chi connectivity index (χ2n) is 5.92.